The van der Waals surface area contributed by atoms with Crippen molar-refractivity contribution in [3.8, 4) is 17.2 Å². The molecule has 1 unspecified atom stereocenters. The molecule has 1 amide bonds. The van der Waals surface area contributed by atoms with Crippen molar-refractivity contribution in [2.75, 3.05) is 44.7 Å². The molecule has 1 atom stereocenters. The number of fused-ring (bicyclic) bond motifs is 1. The summed E-state index contributed by atoms with van der Waals surface area (Å²) in [6.45, 7) is 5.36. The highest BCUT2D eigenvalue weighted by atomic mass is 32.3. The highest BCUT2D eigenvalue weighted by Crippen LogP contribution is 2.40. The van der Waals surface area contributed by atoms with E-state index in [1.807, 2.05) is 25.5 Å². The number of rotatable bonds is 10. The Labute approximate surface area is 236 Å². The van der Waals surface area contributed by atoms with Crippen molar-refractivity contribution >= 4 is 57.6 Å². The van der Waals surface area contributed by atoms with Gasteiger partial charge in [0.1, 0.15) is 28.6 Å². The average Bonchev–Trinajstić information content (AvgIpc) is 2.84. The van der Waals surface area contributed by atoms with E-state index in [0.717, 1.165) is 25.1 Å². The Bertz CT molecular complexity index is 1510. The molecule has 0 bridgehead atoms. The summed E-state index contributed by atoms with van der Waals surface area (Å²) in [5.74, 6) is -0.0910. The maximum absolute atomic E-state index is 13.1. The maximum Gasteiger partial charge on any atom is 0.488 e. The van der Waals surface area contributed by atoms with Gasteiger partial charge >= 0.3 is 10.5 Å². The van der Waals surface area contributed by atoms with Crippen LogP contribution in [0.5, 0.6) is 17.2 Å². The topological polar surface area (TPSA) is 158 Å². The predicted octanol–water partition coefficient (Wildman–Crippen LogP) is 3.75. The standard InChI is InChI=1S/C24H28FN6O6PS.H3P/c1-31-8-7-14-10-20(35-2)19(9-15(14)13-31)29-24-27-12-17(22(26)32)23(30-24)28-18-6-5-16(37-39(25,33)34)11-21(18)36-38(3)4;/h5-6,9-12H,7-8,13H2,1-4H3,(H2,26,32)(H2,27,28,29,30);1H3. The molecule has 40 heavy (non-hydrogen) atoms. The molecule has 16 heteroatoms. The summed E-state index contributed by atoms with van der Waals surface area (Å²) < 4.78 is 50.6. The van der Waals surface area contributed by atoms with Gasteiger partial charge in [-0.05, 0) is 62.2 Å². The van der Waals surface area contributed by atoms with Gasteiger partial charge in [-0.1, -0.05) is 3.89 Å². The summed E-state index contributed by atoms with van der Waals surface area (Å²) in [5.41, 5.74) is 8.85. The van der Waals surface area contributed by atoms with E-state index in [1.54, 1.807) is 7.11 Å². The lowest BCUT2D eigenvalue weighted by atomic mass is 9.99. The molecule has 12 nitrogen and oxygen atoms in total. The molecular weight excluding hydrogens is 581 g/mol. The van der Waals surface area contributed by atoms with Crippen molar-refractivity contribution < 1.29 is 30.5 Å². The maximum atomic E-state index is 13.1. The smallest absolute Gasteiger partial charge is 0.488 e. The average molecular weight is 613 g/mol. The lowest BCUT2D eigenvalue weighted by Crippen LogP contribution is -2.26. The molecule has 216 valence electrons. The Morgan fingerprint density at radius 3 is 2.52 bits per heavy atom. The zero-order chi connectivity index (χ0) is 28.3. The third-order valence-corrected chi connectivity index (χ3v) is 6.66. The molecule has 1 aliphatic heterocycles. The largest absolute Gasteiger partial charge is 0.495 e. The summed E-state index contributed by atoms with van der Waals surface area (Å²) in [7, 11) is -2.59. The van der Waals surface area contributed by atoms with E-state index in [4.69, 9.17) is 15.0 Å². The van der Waals surface area contributed by atoms with Crippen LogP contribution in [0.4, 0.5) is 27.0 Å². The Morgan fingerprint density at radius 2 is 1.88 bits per heavy atom. The number of nitrogens with zero attached hydrogens (tertiary/aromatic N) is 3. The van der Waals surface area contributed by atoms with E-state index in [1.165, 1.54) is 30.0 Å². The van der Waals surface area contributed by atoms with Crippen molar-refractivity contribution in [1.82, 2.24) is 14.9 Å². The Kier molecular flexibility index (Phi) is 10.1. The van der Waals surface area contributed by atoms with Crippen molar-refractivity contribution in [3.63, 3.8) is 0 Å². The third kappa shape index (κ3) is 7.88. The van der Waals surface area contributed by atoms with Crippen LogP contribution >= 0.6 is 18.0 Å². The highest BCUT2D eigenvalue weighted by Gasteiger charge is 2.20. The number of hydrogen-bond acceptors (Lipinski definition) is 11. The second-order valence-corrected chi connectivity index (χ2v) is 11.7. The molecule has 2 aromatic carbocycles. The molecule has 0 radical (unpaired) electrons. The minimum Gasteiger partial charge on any atom is -0.495 e. The van der Waals surface area contributed by atoms with Gasteiger partial charge < -0.3 is 34.7 Å². The molecule has 0 saturated heterocycles. The quantitative estimate of drug-likeness (QED) is 0.226. The second kappa shape index (κ2) is 12.9. The van der Waals surface area contributed by atoms with Crippen molar-refractivity contribution in [1.29, 1.82) is 0 Å². The van der Waals surface area contributed by atoms with Gasteiger partial charge in [-0.3, -0.25) is 4.79 Å². The number of amides is 1. The van der Waals surface area contributed by atoms with Crippen LogP contribution in [0.25, 0.3) is 0 Å². The molecule has 0 spiro atoms. The first-order valence-electron chi connectivity index (χ1n) is 11.6. The Hall–Kier alpha value is -3.31. The molecule has 1 aliphatic rings. The molecule has 0 saturated carbocycles. The molecular formula is C24H31FN6O6P2S. The van der Waals surface area contributed by atoms with Crippen molar-refractivity contribution in [2.45, 2.75) is 13.0 Å². The Balaban J connectivity index is 0.00000441. The lowest BCUT2D eigenvalue weighted by Gasteiger charge is -2.26. The van der Waals surface area contributed by atoms with E-state index < -0.39 is 24.6 Å². The van der Waals surface area contributed by atoms with Gasteiger partial charge in [0.2, 0.25) is 5.95 Å². The second-order valence-electron chi connectivity index (χ2n) is 8.92. The van der Waals surface area contributed by atoms with Crippen LogP contribution in [-0.4, -0.2) is 63.2 Å². The van der Waals surface area contributed by atoms with Crippen molar-refractivity contribution in [2.24, 2.45) is 5.73 Å². The van der Waals surface area contributed by atoms with E-state index in [-0.39, 0.29) is 38.7 Å². The Morgan fingerprint density at radius 1 is 1.12 bits per heavy atom. The number of primary amides is 1. The van der Waals surface area contributed by atoms with Crippen LogP contribution < -0.4 is 29.8 Å². The van der Waals surface area contributed by atoms with Crippen LogP contribution in [0.15, 0.2) is 36.5 Å². The molecule has 1 aromatic heterocycles. The molecule has 0 aliphatic carbocycles. The van der Waals surface area contributed by atoms with Gasteiger partial charge in [-0.25, -0.2) is 4.98 Å². The van der Waals surface area contributed by atoms with Gasteiger partial charge in [0, 0.05) is 25.4 Å². The first-order valence-corrected chi connectivity index (χ1v) is 15.1. The number of nitrogens with two attached hydrogens (primary N) is 1. The molecule has 4 N–H and O–H groups in total. The summed E-state index contributed by atoms with van der Waals surface area (Å²) in [5, 5.41) is 6.13. The van der Waals surface area contributed by atoms with Crippen molar-refractivity contribution in [3.05, 3.63) is 53.2 Å². The minimum absolute atomic E-state index is 0. The van der Waals surface area contributed by atoms with Gasteiger partial charge in [0.25, 0.3) is 5.91 Å². The number of aromatic nitrogens is 2. The molecule has 0 fully saturated rings. The molecule has 2 heterocycles. The van der Waals surface area contributed by atoms with E-state index in [0.29, 0.717) is 17.1 Å². The number of halogens is 1. The number of hydrogen-bond donors (Lipinski definition) is 3. The number of benzene rings is 2. The van der Waals surface area contributed by atoms with E-state index >= 15 is 0 Å². The van der Waals surface area contributed by atoms with Gasteiger partial charge in [-0.2, -0.15) is 23.3 Å². The van der Waals surface area contributed by atoms with E-state index in [9.17, 15) is 17.1 Å². The number of likely N-dealkylation sites (N-methyl/N-ethyl adjacent to an activating group) is 1. The van der Waals surface area contributed by atoms with Crippen LogP contribution in [0.3, 0.4) is 0 Å². The fourth-order valence-corrected chi connectivity index (χ4v) is 4.88. The summed E-state index contributed by atoms with van der Waals surface area (Å²) in [6.07, 6.45) is 2.18. The zero-order valence-corrected chi connectivity index (χ0v) is 25.5. The number of nitrogens with one attached hydrogen (secondary N) is 2. The van der Waals surface area contributed by atoms with Gasteiger partial charge in [0.05, 0.1) is 26.6 Å². The number of carbonyl (C=O) groups is 1. The highest BCUT2D eigenvalue weighted by molar-refractivity contribution is 7.81. The van der Waals surface area contributed by atoms with Crippen LogP contribution in [0, 0.1) is 0 Å². The molecule has 3 aromatic rings. The van der Waals surface area contributed by atoms with Crippen LogP contribution in [0.1, 0.15) is 21.5 Å². The monoisotopic (exact) mass is 612 g/mol. The minimum atomic E-state index is -5.24. The molecule has 4 rings (SSSR count). The SMILES string of the molecule is COc1cc2c(cc1Nc1ncc(C(N)=O)c(Nc3ccc(OS(=O)(=O)F)cc3OP(C)C)n1)CN(C)CC2.P. The van der Waals surface area contributed by atoms with Gasteiger partial charge in [0.15, 0.2) is 0 Å². The summed E-state index contributed by atoms with van der Waals surface area (Å²) >= 11 is 0. The van der Waals surface area contributed by atoms with Crippen LogP contribution in [-0.2, 0) is 23.5 Å². The fraction of sp³-hybridized carbons (Fsp3) is 0.292. The van der Waals surface area contributed by atoms with E-state index in [2.05, 4.69) is 36.7 Å². The van der Waals surface area contributed by atoms with Gasteiger partial charge in [-0.15, -0.1) is 0 Å². The summed E-state index contributed by atoms with van der Waals surface area (Å²) in [4.78, 5) is 23.1. The zero-order valence-electron chi connectivity index (χ0n) is 22.4. The predicted molar refractivity (Wildman–Crippen MR) is 158 cm³/mol. The number of carbonyl (C=O) groups excluding carboxylic acids is 1. The van der Waals surface area contributed by atoms with Crippen LogP contribution in [0.2, 0.25) is 0 Å². The number of anilines is 4. The number of ether oxygens (including phenoxy) is 1. The first-order chi connectivity index (χ1) is 18.4. The fourth-order valence-electron chi connectivity index (χ4n) is 4.00. The first kappa shape index (κ1) is 31.2. The normalized spacial score (nSPS) is 13.2. The third-order valence-electron chi connectivity index (χ3n) is 5.71. The lowest BCUT2D eigenvalue weighted by molar-refractivity contribution is 0.100. The number of methoxy groups -OCH3 is 1. The summed E-state index contributed by atoms with van der Waals surface area (Å²) in [6, 6.07) is 7.80.